The Morgan fingerprint density at radius 1 is 1.29 bits per heavy atom. The number of rotatable bonds is 4. The molecule has 2 rings (SSSR count). The largest absolute Gasteiger partial charge is 0.481 e. The second-order valence-electron chi connectivity index (χ2n) is 5.42. The summed E-state index contributed by atoms with van der Waals surface area (Å²) >= 11 is 0. The van der Waals surface area contributed by atoms with E-state index in [1.165, 1.54) is 7.05 Å². The Hall–Kier alpha value is -1.51. The fourth-order valence-corrected chi connectivity index (χ4v) is 2.44. The molecule has 0 radical (unpaired) electrons. The van der Waals surface area contributed by atoms with Crippen molar-refractivity contribution in [2.24, 2.45) is 5.92 Å². The van der Waals surface area contributed by atoms with Gasteiger partial charge in [0.25, 0.3) is 0 Å². The number of carboxylic acids is 1. The van der Waals surface area contributed by atoms with Crippen LogP contribution in [0.1, 0.15) is 12.8 Å². The van der Waals surface area contributed by atoms with E-state index in [9.17, 15) is 22.8 Å². The first kappa shape index (κ1) is 15.9. The third-order valence-electron chi connectivity index (χ3n) is 3.75. The molecule has 0 bridgehead atoms. The molecular formula is C12H17F3N2O4. The zero-order valence-electron chi connectivity index (χ0n) is 11.5. The Morgan fingerprint density at radius 2 is 1.90 bits per heavy atom. The number of likely N-dealkylation sites (N-methyl/N-ethyl adjacent to an activating group) is 1. The van der Waals surface area contributed by atoms with Crippen LogP contribution in [0.25, 0.3) is 0 Å². The summed E-state index contributed by atoms with van der Waals surface area (Å²) in [5, 5.41) is 9.05. The molecular weight excluding hydrogens is 293 g/mol. The molecule has 6 nitrogen and oxygen atoms in total. The standard InChI is InChI=1S/C12H17F3N2O4/c1-16(9-5-21-4-8(9)10(18)19)11(20)17(7-2-3-7)6-12(13,14)15/h7-9H,2-6H2,1H3,(H,18,19). The fourth-order valence-electron chi connectivity index (χ4n) is 2.44. The molecule has 9 heteroatoms. The highest BCUT2D eigenvalue weighted by molar-refractivity contribution is 5.77. The molecule has 2 atom stereocenters. The summed E-state index contributed by atoms with van der Waals surface area (Å²) in [5.74, 6) is -2.03. The topological polar surface area (TPSA) is 70.1 Å². The van der Waals surface area contributed by atoms with Crippen molar-refractivity contribution in [2.75, 3.05) is 26.8 Å². The van der Waals surface area contributed by atoms with Crippen molar-refractivity contribution in [1.29, 1.82) is 0 Å². The number of carbonyl (C=O) groups excluding carboxylic acids is 1. The van der Waals surface area contributed by atoms with Gasteiger partial charge in [0, 0.05) is 13.1 Å². The summed E-state index contributed by atoms with van der Waals surface area (Å²) in [6.45, 7) is -1.34. The fraction of sp³-hybridized carbons (Fsp3) is 0.833. The highest BCUT2D eigenvalue weighted by Gasteiger charge is 2.45. The van der Waals surface area contributed by atoms with E-state index in [4.69, 9.17) is 9.84 Å². The number of hydrogen-bond donors (Lipinski definition) is 1. The number of alkyl halides is 3. The molecule has 1 N–H and O–H groups in total. The predicted molar refractivity (Wildman–Crippen MR) is 64.7 cm³/mol. The second-order valence-corrected chi connectivity index (χ2v) is 5.42. The van der Waals surface area contributed by atoms with E-state index in [-0.39, 0.29) is 13.2 Å². The third-order valence-corrected chi connectivity index (χ3v) is 3.75. The van der Waals surface area contributed by atoms with Gasteiger partial charge in [-0.1, -0.05) is 0 Å². The quantitative estimate of drug-likeness (QED) is 0.846. The van der Waals surface area contributed by atoms with E-state index in [2.05, 4.69) is 0 Å². The van der Waals surface area contributed by atoms with Gasteiger partial charge < -0.3 is 19.6 Å². The lowest BCUT2D eigenvalue weighted by Crippen LogP contribution is -2.52. The maximum absolute atomic E-state index is 12.6. The zero-order valence-corrected chi connectivity index (χ0v) is 11.5. The normalized spacial score (nSPS) is 25.7. The maximum Gasteiger partial charge on any atom is 0.406 e. The number of halogens is 3. The molecule has 0 aromatic rings. The van der Waals surface area contributed by atoms with Crippen LogP contribution in [0.5, 0.6) is 0 Å². The summed E-state index contributed by atoms with van der Waals surface area (Å²) in [7, 11) is 1.32. The van der Waals surface area contributed by atoms with Crippen LogP contribution < -0.4 is 0 Å². The summed E-state index contributed by atoms with van der Waals surface area (Å²) in [6.07, 6.45) is -3.39. The van der Waals surface area contributed by atoms with Gasteiger partial charge in [0.2, 0.25) is 0 Å². The lowest BCUT2D eigenvalue weighted by atomic mass is 10.0. The monoisotopic (exact) mass is 310 g/mol. The van der Waals surface area contributed by atoms with Crippen LogP contribution in [0.3, 0.4) is 0 Å². The van der Waals surface area contributed by atoms with Crippen LogP contribution in [0.4, 0.5) is 18.0 Å². The van der Waals surface area contributed by atoms with Crippen molar-refractivity contribution in [1.82, 2.24) is 9.80 Å². The van der Waals surface area contributed by atoms with E-state index in [0.29, 0.717) is 12.8 Å². The molecule has 0 aromatic carbocycles. The molecule has 0 spiro atoms. The second kappa shape index (κ2) is 5.70. The molecule has 1 saturated carbocycles. The summed E-state index contributed by atoms with van der Waals surface area (Å²) in [6, 6.07) is -1.95. The molecule has 2 amide bonds. The van der Waals surface area contributed by atoms with Crippen molar-refractivity contribution in [3.8, 4) is 0 Å². The number of urea groups is 1. The molecule has 120 valence electrons. The number of carboxylic acid groups (broad SMARTS) is 1. The van der Waals surface area contributed by atoms with Crippen molar-refractivity contribution >= 4 is 12.0 Å². The van der Waals surface area contributed by atoms with Crippen molar-refractivity contribution in [3.63, 3.8) is 0 Å². The lowest BCUT2D eigenvalue weighted by Gasteiger charge is -2.33. The number of aliphatic carboxylic acids is 1. The number of amides is 2. The smallest absolute Gasteiger partial charge is 0.406 e. The van der Waals surface area contributed by atoms with Crippen LogP contribution in [0.2, 0.25) is 0 Å². The average Bonchev–Trinajstić information content (AvgIpc) is 3.09. The Morgan fingerprint density at radius 3 is 2.38 bits per heavy atom. The molecule has 1 heterocycles. The predicted octanol–water partition coefficient (Wildman–Crippen LogP) is 1.16. The van der Waals surface area contributed by atoms with Crippen LogP contribution in [0.15, 0.2) is 0 Å². The van der Waals surface area contributed by atoms with E-state index in [1.54, 1.807) is 0 Å². The Balaban J connectivity index is 2.07. The van der Waals surface area contributed by atoms with Crippen LogP contribution in [-0.2, 0) is 9.53 Å². The summed E-state index contributed by atoms with van der Waals surface area (Å²) in [5.41, 5.74) is 0. The molecule has 2 fully saturated rings. The number of ether oxygens (including phenoxy) is 1. The van der Waals surface area contributed by atoms with E-state index < -0.39 is 42.7 Å². The number of hydrogen-bond acceptors (Lipinski definition) is 3. The van der Waals surface area contributed by atoms with Gasteiger partial charge >= 0.3 is 18.2 Å². The highest BCUT2D eigenvalue weighted by Crippen LogP contribution is 2.32. The van der Waals surface area contributed by atoms with Crippen LogP contribution >= 0.6 is 0 Å². The maximum atomic E-state index is 12.6. The van der Waals surface area contributed by atoms with Gasteiger partial charge in [0.05, 0.1) is 19.3 Å². The molecule has 1 aliphatic carbocycles. The molecule has 1 aliphatic heterocycles. The van der Waals surface area contributed by atoms with E-state index >= 15 is 0 Å². The Bertz CT molecular complexity index is 425. The molecule has 0 aromatic heterocycles. The lowest BCUT2D eigenvalue weighted by molar-refractivity contribution is -0.145. The minimum Gasteiger partial charge on any atom is -0.481 e. The van der Waals surface area contributed by atoms with Crippen molar-refractivity contribution in [3.05, 3.63) is 0 Å². The molecule has 2 unspecified atom stereocenters. The van der Waals surface area contributed by atoms with Gasteiger partial charge in [-0.2, -0.15) is 13.2 Å². The minimum absolute atomic E-state index is 0.0176. The van der Waals surface area contributed by atoms with Gasteiger partial charge in [-0.15, -0.1) is 0 Å². The van der Waals surface area contributed by atoms with Gasteiger partial charge in [-0.25, -0.2) is 4.79 Å². The SMILES string of the molecule is CN(C(=O)N(CC(F)(F)F)C1CC1)C1COCC1C(=O)O. The Kier molecular flexibility index (Phi) is 4.31. The number of nitrogens with zero attached hydrogens (tertiary/aromatic N) is 2. The van der Waals surface area contributed by atoms with Crippen molar-refractivity contribution < 1.29 is 32.6 Å². The van der Waals surface area contributed by atoms with E-state index in [1.807, 2.05) is 0 Å². The van der Waals surface area contributed by atoms with Gasteiger partial charge in [-0.3, -0.25) is 4.79 Å². The summed E-state index contributed by atoms with van der Waals surface area (Å²) < 4.78 is 42.7. The zero-order chi connectivity index (χ0) is 15.8. The first-order chi connectivity index (χ1) is 9.70. The van der Waals surface area contributed by atoms with Gasteiger partial charge in [0.1, 0.15) is 12.5 Å². The first-order valence-corrected chi connectivity index (χ1v) is 6.61. The van der Waals surface area contributed by atoms with Crippen molar-refractivity contribution in [2.45, 2.75) is 31.1 Å². The molecule has 21 heavy (non-hydrogen) atoms. The van der Waals surface area contributed by atoms with Gasteiger partial charge in [0.15, 0.2) is 0 Å². The first-order valence-electron chi connectivity index (χ1n) is 6.61. The number of carbonyl (C=O) groups is 2. The van der Waals surface area contributed by atoms with Crippen LogP contribution in [0, 0.1) is 5.92 Å². The highest BCUT2D eigenvalue weighted by atomic mass is 19.4. The summed E-state index contributed by atoms with van der Waals surface area (Å²) in [4.78, 5) is 25.2. The average molecular weight is 310 g/mol. The minimum atomic E-state index is -4.47. The van der Waals surface area contributed by atoms with Gasteiger partial charge in [-0.05, 0) is 12.8 Å². The Labute approximate surface area is 119 Å². The molecule has 2 aliphatic rings. The third kappa shape index (κ3) is 3.78. The molecule has 1 saturated heterocycles. The van der Waals surface area contributed by atoms with Crippen LogP contribution in [-0.4, -0.2) is 72.0 Å². The van der Waals surface area contributed by atoms with E-state index in [0.717, 1.165) is 9.80 Å².